The molecule has 0 aromatic heterocycles. The minimum Gasteiger partial charge on any atom is -0.0914 e. The minimum absolute atomic E-state index is 0.833. The van der Waals surface area contributed by atoms with E-state index in [0.29, 0.717) is 0 Å². The fourth-order valence-electron chi connectivity index (χ4n) is 1.08. The standard InChI is InChI=1S/C9H18/c1-4-7-9(6-3)8-5-2/h4,7,9H,5-6,8H2,1-3H3/b7-4+. The van der Waals surface area contributed by atoms with Crippen LogP contribution in [0.4, 0.5) is 0 Å². The van der Waals surface area contributed by atoms with Gasteiger partial charge in [-0.1, -0.05) is 32.4 Å². The van der Waals surface area contributed by atoms with Gasteiger partial charge in [-0.15, -0.1) is 0 Å². The van der Waals surface area contributed by atoms with Gasteiger partial charge in [0.1, 0.15) is 0 Å². The molecular weight excluding hydrogens is 108 g/mol. The molecule has 0 heteroatoms. The van der Waals surface area contributed by atoms with Gasteiger partial charge in [0, 0.05) is 0 Å². The Hall–Kier alpha value is -0.260. The van der Waals surface area contributed by atoms with Gasteiger partial charge >= 0.3 is 0 Å². The molecular formula is C9H18. The highest BCUT2D eigenvalue weighted by Gasteiger charge is 1.96. The van der Waals surface area contributed by atoms with Crippen molar-refractivity contribution in [2.24, 2.45) is 5.92 Å². The second kappa shape index (κ2) is 5.87. The summed E-state index contributed by atoms with van der Waals surface area (Å²) < 4.78 is 0. The lowest BCUT2D eigenvalue weighted by molar-refractivity contribution is 0.563. The van der Waals surface area contributed by atoms with E-state index in [1.54, 1.807) is 0 Å². The highest BCUT2D eigenvalue weighted by atomic mass is 14.0. The molecule has 0 amide bonds. The van der Waals surface area contributed by atoms with Crippen molar-refractivity contribution in [2.45, 2.75) is 40.0 Å². The van der Waals surface area contributed by atoms with Crippen LogP contribution in [0.1, 0.15) is 40.0 Å². The van der Waals surface area contributed by atoms with Crippen molar-refractivity contribution in [1.82, 2.24) is 0 Å². The summed E-state index contributed by atoms with van der Waals surface area (Å²) in [6.45, 7) is 6.59. The number of hydrogen-bond donors (Lipinski definition) is 0. The second-order valence-corrected chi connectivity index (χ2v) is 2.48. The molecule has 0 heterocycles. The average molecular weight is 126 g/mol. The smallest absolute Gasteiger partial charge is 0.0236 e. The van der Waals surface area contributed by atoms with Crippen molar-refractivity contribution in [3.8, 4) is 0 Å². The Morgan fingerprint density at radius 2 is 2.00 bits per heavy atom. The molecule has 1 unspecified atom stereocenters. The van der Waals surface area contributed by atoms with Crippen LogP contribution in [0.5, 0.6) is 0 Å². The molecule has 1 atom stereocenters. The van der Waals surface area contributed by atoms with E-state index in [1.165, 1.54) is 19.3 Å². The third-order valence-corrected chi connectivity index (χ3v) is 1.65. The molecule has 0 aliphatic heterocycles. The molecule has 0 radical (unpaired) electrons. The first-order chi connectivity index (χ1) is 4.35. The van der Waals surface area contributed by atoms with Crippen molar-refractivity contribution in [2.75, 3.05) is 0 Å². The topological polar surface area (TPSA) is 0 Å². The molecule has 0 spiro atoms. The largest absolute Gasteiger partial charge is 0.0914 e. The SMILES string of the molecule is C/C=C/C(CC)CCC. The van der Waals surface area contributed by atoms with E-state index in [9.17, 15) is 0 Å². The van der Waals surface area contributed by atoms with Gasteiger partial charge in [0.05, 0.1) is 0 Å². The van der Waals surface area contributed by atoms with Gasteiger partial charge in [-0.3, -0.25) is 0 Å². The molecule has 0 nitrogen and oxygen atoms in total. The summed E-state index contributed by atoms with van der Waals surface area (Å²) >= 11 is 0. The van der Waals surface area contributed by atoms with Crippen LogP contribution in [0.2, 0.25) is 0 Å². The third kappa shape index (κ3) is 4.26. The minimum atomic E-state index is 0.833. The molecule has 0 aliphatic carbocycles. The maximum Gasteiger partial charge on any atom is -0.0236 e. The molecule has 0 rings (SSSR count). The van der Waals surface area contributed by atoms with Gasteiger partial charge < -0.3 is 0 Å². The maximum atomic E-state index is 2.31. The Morgan fingerprint density at radius 1 is 1.33 bits per heavy atom. The third-order valence-electron chi connectivity index (χ3n) is 1.65. The van der Waals surface area contributed by atoms with E-state index in [-0.39, 0.29) is 0 Å². The van der Waals surface area contributed by atoms with Crippen molar-refractivity contribution in [1.29, 1.82) is 0 Å². The molecule has 0 aliphatic rings. The Kier molecular flexibility index (Phi) is 5.70. The van der Waals surface area contributed by atoms with E-state index in [2.05, 4.69) is 32.9 Å². The van der Waals surface area contributed by atoms with Gasteiger partial charge in [-0.05, 0) is 25.7 Å². The van der Waals surface area contributed by atoms with Crippen LogP contribution < -0.4 is 0 Å². The van der Waals surface area contributed by atoms with Crippen LogP contribution in [0.25, 0.3) is 0 Å². The fourth-order valence-corrected chi connectivity index (χ4v) is 1.08. The van der Waals surface area contributed by atoms with Crippen LogP contribution in [0.15, 0.2) is 12.2 Å². The first-order valence-electron chi connectivity index (χ1n) is 3.97. The number of allylic oxidation sites excluding steroid dienone is 2. The first-order valence-corrected chi connectivity index (χ1v) is 3.97. The monoisotopic (exact) mass is 126 g/mol. The zero-order chi connectivity index (χ0) is 7.11. The average Bonchev–Trinajstić information content (AvgIpc) is 1.88. The summed E-state index contributed by atoms with van der Waals surface area (Å²) in [5.41, 5.74) is 0. The predicted octanol–water partition coefficient (Wildman–Crippen LogP) is 3.39. The predicted molar refractivity (Wildman–Crippen MR) is 43.5 cm³/mol. The van der Waals surface area contributed by atoms with E-state index >= 15 is 0 Å². The highest BCUT2D eigenvalue weighted by Crippen LogP contribution is 2.11. The molecule has 0 aromatic rings. The second-order valence-electron chi connectivity index (χ2n) is 2.48. The van der Waals surface area contributed by atoms with Gasteiger partial charge in [-0.25, -0.2) is 0 Å². The summed E-state index contributed by atoms with van der Waals surface area (Å²) in [4.78, 5) is 0. The summed E-state index contributed by atoms with van der Waals surface area (Å²) in [7, 11) is 0. The lowest BCUT2D eigenvalue weighted by Crippen LogP contribution is -1.91. The number of rotatable bonds is 4. The Bertz CT molecular complexity index is 72.1. The Morgan fingerprint density at radius 3 is 2.33 bits per heavy atom. The van der Waals surface area contributed by atoms with Crippen molar-refractivity contribution in [3.63, 3.8) is 0 Å². The fraction of sp³-hybridized carbons (Fsp3) is 0.778. The van der Waals surface area contributed by atoms with Gasteiger partial charge in [0.15, 0.2) is 0 Å². The van der Waals surface area contributed by atoms with Crippen molar-refractivity contribution < 1.29 is 0 Å². The van der Waals surface area contributed by atoms with Gasteiger partial charge in [0.2, 0.25) is 0 Å². The molecule has 0 saturated carbocycles. The van der Waals surface area contributed by atoms with Crippen LogP contribution in [-0.4, -0.2) is 0 Å². The first kappa shape index (κ1) is 8.74. The van der Waals surface area contributed by atoms with E-state index < -0.39 is 0 Å². The van der Waals surface area contributed by atoms with Gasteiger partial charge in [-0.2, -0.15) is 0 Å². The molecule has 9 heavy (non-hydrogen) atoms. The summed E-state index contributed by atoms with van der Waals surface area (Å²) in [6.07, 6.45) is 8.41. The van der Waals surface area contributed by atoms with Crippen molar-refractivity contribution in [3.05, 3.63) is 12.2 Å². The normalized spacial score (nSPS) is 14.6. The summed E-state index contributed by atoms with van der Waals surface area (Å²) in [6, 6.07) is 0. The molecule has 0 N–H and O–H groups in total. The zero-order valence-electron chi connectivity index (χ0n) is 6.85. The highest BCUT2D eigenvalue weighted by molar-refractivity contribution is 4.84. The van der Waals surface area contributed by atoms with Crippen LogP contribution >= 0.6 is 0 Å². The quantitative estimate of drug-likeness (QED) is 0.506. The van der Waals surface area contributed by atoms with Crippen LogP contribution in [0.3, 0.4) is 0 Å². The van der Waals surface area contributed by atoms with E-state index in [1.807, 2.05) is 0 Å². The lowest BCUT2D eigenvalue weighted by Gasteiger charge is -2.05. The molecule has 54 valence electrons. The zero-order valence-corrected chi connectivity index (χ0v) is 6.85. The van der Waals surface area contributed by atoms with Crippen LogP contribution in [0, 0.1) is 5.92 Å². The summed E-state index contributed by atoms with van der Waals surface area (Å²) in [5.74, 6) is 0.833. The van der Waals surface area contributed by atoms with Crippen molar-refractivity contribution >= 4 is 0 Å². The Balaban J connectivity index is 3.41. The lowest BCUT2D eigenvalue weighted by atomic mass is 10.0. The number of hydrogen-bond acceptors (Lipinski definition) is 0. The molecule has 0 bridgehead atoms. The van der Waals surface area contributed by atoms with Gasteiger partial charge in [0.25, 0.3) is 0 Å². The van der Waals surface area contributed by atoms with Crippen LogP contribution in [-0.2, 0) is 0 Å². The molecule has 0 saturated heterocycles. The molecule has 0 aromatic carbocycles. The Labute approximate surface area is 59.0 Å². The van der Waals surface area contributed by atoms with E-state index in [0.717, 1.165) is 5.92 Å². The summed E-state index contributed by atoms with van der Waals surface area (Å²) in [5, 5.41) is 0. The molecule has 0 fully saturated rings. The maximum absolute atomic E-state index is 2.31. The van der Waals surface area contributed by atoms with E-state index in [4.69, 9.17) is 0 Å².